The molecule has 2 unspecified atom stereocenters. The van der Waals surface area contributed by atoms with E-state index in [0.29, 0.717) is 31.4 Å². The van der Waals surface area contributed by atoms with Crippen molar-refractivity contribution in [2.24, 2.45) is 5.73 Å². The first-order valence-corrected chi connectivity index (χ1v) is 14.3. The summed E-state index contributed by atoms with van der Waals surface area (Å²) in [5.41, 5.74) is 7.79. The molecule has 0 saturated carbocycles. The fourth-order valence-corrected chi connectivity index (χ4v) is 4.82. The summed E-state index contributed by atoms with van der Waals surface area (Å²) in [5.74, 6) is -0.525. The molecule has 2 aromatic carbocycles. The van der Waals surface area contributed by atoms with E-state index in [0.717, 1.165) is 16.0 Å². The summed E-state index contributed by atoms with van der Waals surface area (Å²) >= 11 is 1.59. The number of hydrogen-bond donors (Lipinski definition) is 3. The first-order valence-electron chi connectivity index (χ1n) is 13.4. The van der Waals surface area contributed by atoms with Crippen LogP contribution in [0.5, 0.6) is 0 Å². The van der Waals surface area contributed by atoms with Gasteiger partial charge in [0.1, 0.15) is 6.61 Å². The van der Waals surface area contributed by atoms with E-state index in [1.165, 1.54) is 0 Å². The molecular weight excluding hydrogens is 578 g/mol. The Morgan fingerprint density at radius 1 is 0.976 bits per heavy atom. The zero-order valence-electron chi connectivity index (χ0n) is 23.2. The molecular formula is C30H34ClN5O5S. The van der Waals surface area contributed by atoms with Gasteiger partial charge in [-0.15, -0.1) is 23.7 Å². The first-order chi connectivity index (χ1) is 19.9. The minimum Gasteiger partial charge on any atom is -0.445 e. The van der Waals surface area contributed by atoms with E-state index in [1.54, 1.807) is 35.6 Å². The second kappa shape index (κ2) is 16.4. The van der Waals surface area contributed by atoms with E-state index >= 15 is 0 Å². The smallest absolute Gasteiger partial charge is 0.408 e. The van der Waals surface area contributed by atoms with Crippen LogP contribution < -0.4 is 16.4 Å². The summed E-state index contributed by atoms with van der Waals surface area (Å²) in [6, 6.07) is 19.3. The first kappa shape index (κ1) is 32.5. The second-order valence-electron chi connectivity index (χ2n) is 9.50. The van der Waals surface area contributed by atoms with Crippen molar-refractivity contribution in [2.45, 2.75) is 51.3 Å². The fraction of sp³-hybridized carbons (Fsp3) is 0.300. The van der Waals surface area contributed by atoms with Crippen molar-refractivity contribution < 1.29 is 23.6 Å². The Kier molecular flexibility index (Phi) is 12.7. The lowest BCUT2D eigenvalue weighted by Crippen LogP contribution is -2.41. The SMILES string of the molecule is CC(NC(=O)c1ccc(Cc2nc(C(=O)C(CCCCN)NC(=O)OCc3ccccc3)no2)cc1)c1cccs1.Cl. The van der Waals surface area contributed by atoms with Crippen LogP contribution in [0.3, 0.4) is 0 Å². The molecule has 2 amide bonds. The van der Waals surface area contributed by atoms with E-state index < -0.39 is 17.9 Å². The Balaban J connectivity index is 0.00000484. The number of nitrogens with one attached hydrogen (secondary N) is 2. The topological polar surface area (TPSA) is 149 Å². The number of aromatic nitrogens is 2. The summed E-state index contributed by atoms with van der Waals surface area (Å²) in [5, 5.41) is 11.4. The Morgan fingerprint density at radius 3 is 2.43 bits per heavy atom. The van der Waals surface area contributed by atoms with Crippen LogP contribution in [0.1, 0.15) is 75.1 Å². The summed E-state index contributed by atoms with van der Waals surface area (Å²) in [6.45, 7) is 2.50. The van der Waals surface area contributed by atoms with Gasteiger partial charge >= 0.3 is 6.09 Å². The van der Waals surface area contributed by atoms with Crippen LogP contribution in [0.2, 0.25) is 0 Å². The fourth-order valence-electron chi connectivity index (χ4n) is 4.09. The molecule has 0 fully saturated rings. The number of Topliss-reactive ketones (excluding diaryl/α,β-unsaturated/α-hetero) is 1. The highest BCUT2D eigenvalue weighted by atomic mass is 35.5. The third kappa shape index (κ3) is 9.51. The molecule has 0 bridgehead atoms. The number of hydrogen-bond acceptors (Lipinski definition) is 9. The minimum atomic E-state index is -0.885. The molecule has 222 valence electrons. The average molecular weight is 612 g/mol. The summed E-state index contributed by atoms with van der Waals surface area (Å²) in [4.78, 5) is 43.6. The van der Waals surface area contributed by atoms with Crippen molar-refractivity contribution >= 4 is 41.5 Å². The number of ketones is 1. The summed E-state index contributed by atoms with van der Waals surface area (Å²) < 4.78 is 10.6. The zero-order valence-corrected chi connectivity index (χ0v) is 24.8. The number of halogens is 1. The number of benzene rings is 2. The lowest BCUT2D eigenvalue weighted by Gasteiger charge is -2.16. The van der Waals surface area contributed by atoms with E-state index in [2.05, 4.69) is 20.8 Å². The van der Waals surface area contributed by atoms with Crippen LogP contribution in [0.4, 0.5) is 4.79 Å². The van der Waals surface area contributed by atoms with Crippen molar-refractivity contribution in [3.05, 3.63) is 105 Å². The predicted octanol–water partition coefficient (Wildman–Crippen LogP) is 5.24. The molecule has 4 aromatic rings. The average Bonchev–Trinajstić information content (AvgIpc) is 3.69. The van der Waals surface area contributed by atoms with Gasteiger partial charge in [0, 0.05) is 10.4 Å². The summed E-state index contributed by atoms with van der Waals surface area (Å²) in [6.07, 6.45) is 1.25. The molecule has 0 aliphatic carbocycles. The van der Waals surface area contributed by atoms with Gasteiger partial charge in [0.15, 0.2) is 0 Å². The van der Waals surface area contributed by atoms with Crippen molar-refractivity contribution in [1.29, 1.82) is 0 Å². The molecule has 4 N–H and O–H groups in total. The third-order valence-electron chi connectivity index (χ3n) is 6.35. The molecule has 0 spiro atoms. The van der Waals surface area contributed by atoms with Crippen LogP contribution in [-0.2, 0) is 17.8 Å². The molecule has 0 aliphatic rings. The Hall–Kier alpha value is -4.06. The summed E-state index contributed by atoms with van der Waals surface area (Å²) in [7, 11) is 0. The van der Waals surface area contributed by atoms with Gasteiger partial charge in [-0.1, -0.05) is 53.7 Å². The molecule has 2 heterocycles. The lowest BCUT2D eigenvalue weighted by atomic mass is 10.0. The zero-order chi connectivity index (χ0) is 29.0. The second-order valence-corrected chi connectivity index (χ2v) is 10.5. The Labute approximate surface area is 254 Å². The number of carbonyl (C=O) groups excluding carboxylic acids is 3. The number of thiophene rings is 1. The molecule has 4 rings (SSSR count). The Morgan fingerprint density at radius 2 is 1.74 bits per heavy atom. The third-order valence-corrected chi connectivity index (χ3v) is 7.40. The highest BCUT2D eigenvalue weighted by Gasteiger charge is 2.27. The van der Waals surface area contributed by atoms with Crippen LogP contribution >= 0.6 is 23.7 Å². The maximum absolute atomic E-state index is 13.2. The Bertz CT molecular complexity index is 1410. The number of nitrogens with zero attached hydrogens (tertiary/aromatic N) is 2. The van der Waals surface area contributed by atoms with E-state index in [9.17, 15) is 14.4 Å². The highest BCUT2D eigenvalue weighted by molar-refractivity contribution is 7.10. The van der Waals surface area contributed by atoms with Crippen LogP contribution in [-0.4, -0.2) is 40.5 Å². The van der Waals surface area contributed by atoms with Crippen molar-refractivity contribution in [3.63, 3.8) is 0 Å². The largest absolute Gasteiger partial charge is 0.445 e. The van der Waals surface area contributed by atoms with E-state index in [-0.39, 0.29) is 49.1 Å². The molecule has 0 aliphatic heterocycles. The van der Waals surface area contributed by atoms with Crippen molar-refractivity contribution in [1.82, 2.24) is 20.8 Å². The number of alkyl carbamates (subject to hydrolysis) is 1. The number of amides is 2. The minimum absolute atomic E-state index is 0. The van der Waals surface area contributed by atoms with Gasteiger partial charge in [-0.2, -0.15) is 4.98 Å². The maximum Gasteiger partial charge on any atom is 0.408 e. The highest BCUT2D eigenvalue weighted by Crippen LogP contribution is 2.19. The van der Waals surface area contributed by atoms with Gasteiger partial charge in [0.2, 0.25) is 17.5 Å². The lowest BCUT2D eigenvalue weighted by molar-refractivity contribution is 0.0896. The molecule has 10 nitrogen and oxygen atoms in total. The van der Waals surface area contributed by atoms with Gasteiger partial charge in [0.05, 0.1) is 18.5 Å². The van der Waals surface area contributed by atoms with E-state index in [1.807, 2.05) is 54.8 Å². The maximum atomic E-state index is 13.2. The van der Waals surface area contributed by atoms with E-state index in [4.69, 9.17) is 15.0 Å². The van der Waals surface area contributed by atoms with Gasteiger partial charge in [-0.25, -0.2) is 4.79 Å². The number of nitrogens with two attached hydrogens (primary N) is 1. The molecule has 12 heteroatoms. The molecule has 0 radical (unpaired) electrons. The van der Waals surface area contributed by atoms with Crippen LogP contribution in [0, 0.1) is 0 Å². The molecule has 2 aromatic heterocycles. The number of ether oxygens (including phenoxy) is 1. The predicted molar refractivity (Wildman–Crippen MR) is 162 cm³/mol. The molecule has 2 atom stereocenters. The van der Waals surface area contributed by atoms with Gasteiger partial charge < -0.3 is 25.6 Å². The number of carbonyl (C=O) groups is 3. The normalized spacial score (nSPS) is 12.0. The number of rotatable bonds is 14. The standard InChI is InChI=1S/C30H33N5O5S.ClH/c1-20(25-11-7-17-41-25)32-29(37)23-14-12-21(13-15-23)18-26-34-28(35-40-26)27(36)24(10-5-6-16-31)33-30(38)39-19-22-8-3-2-4-9-22;/h2-4,7-9,11-15,17,20,24H,5-6,10,16,18-19,31H2,1H3,(H,32,37)(H,33,38);1H. The number of unbranched alkanes of at least 4 members (excludes halogenated alkanes) is 1. The molecule has 42 heavy (non-hydrogen) atoms. The quantitative estimate of drug-likeness (QED) is 0.129. The van der Waals surface area contributed by atoms with Gasteiger partial charge in [0.25, 0.3) is 5.91 Å². The van der Waals surface area contributed by atoms with Crippen LogP contribution in [0.15, 0.2) is 76.6 Å². The monoisotopic (exact) mass is 611 g/mol. The molecule has 0 saturated heterocycles. The van der Waals surface area contributed by atoms with Gasteiger partial charge in [-0.05, 0) is 67.4 Å². The van der Waals surface area contributed by atoms with Gasteiger partial charge in [-0.3, -0.25) is 9.59 Å². The van der Waals surface area contributed by atoms with Crippen LogP contribution in [0.25, 0.3) is 0 Å². The van der Waals surface area contributed by atoms with Crippen molar-refractivity contribution in [3.8, 4) is 0 Å². The van der Waals surface area contributed by atoms with Crippen molar-refractivity contribution in [2.75, 3.05) is 6.54 Å².